The van der Waals surface area contributed by atoms with Gasteiger partial charge in [-0.2, -0.15) is 0 Å². The van der Waals surface area contributed by atoms with Gasteiger partial charge in [0.15, 0.2) is 0 Å². The molecule has 0 bridgehead atoms. The molecule has 1 atom stereocenters. The van der Waals surface area contributed by atoms with Crippen LogP contribution in [0.1, 0.15) is 29.3 Å². The second-order valence-electron chi connectivity index (χ2n) is 6.84. The maximum Gasteiger partial charge on any atom is 0.274 e. The Kier molecular flexibility index (Phi) is 4.64. The van der Waals surface area contributed by atoms with Crippen molar-refractivity contribution in [3.8, 4) is 5.75 Å². The van der Waals surface area contributed by atoms with E-state index in [9.17, 15) is 15.2 Å². The normalized spacial score (nSPS) is 17.3. The predicted octanol–water partition coefficient (Wildman–Crippen LogP) is 4.10. The number of rotatable bonds is 4. The number of phenolic OH excluding ortho intramolecular Hbond substituents is 1. The molecule has 0 aliphatic carbocycles. The summed E-state index contributed by atoms with van der Waals surface area (Å²) in [4.78, 5) is 13.6. The number of aromatic nitrogens is 1. The van der Waals surface area contributed by atoms with E-state index in [4.69, 9.17) is 0 Å². The highest BCUT2D eigenvalue weighted by Gasteiger charge is 2.32. The van der Waals surface area contributed by atoms with Gasteiger partial charge in [-0.05, 0) is 36.2 Å². The summed E-state index contributed by atoms with van der Waals surface area (Å²) in [6.07, 6.45) is 3.01. The van der Waals surface area contributed by atoms with Crippen molar-refractivity contribution in [2.24, 2.45) is 0 Å². The lowest BCUT2D eigenvalue weighted by molar-refractivity contribution is -0.385. The molecule has 0 radical (unpaired) electrons. The molecule has 1 aliphatic rings. The van der Waals surface area contributed by atoms with Crippen LogP contribution in [0.2, 0.25) is 0 Å². The van der Waals surface area contributed by atoms with Crippen LogP contribution in [0, 0.1) is 10.1 Å². The summed E-state index contributed by atoms with van der Waals surface area (Å²) in [5.74, 6) is 0.235. The minimum Gasteiger partial charge on any atom is -0.508 e. The molecule has 6 heteroatoms. The molecule has 2 aromatic carbocycles. The summed E-state index contributed by atoms with van der Waals surface area (Å²) in [7, 11) is 0. The number of hydrogen-bond donors (Lipinski definition) is 1. The van der Waals surface area contributed by atoms with Gasteiger partial charge in [0.1, 0.15) is 5.75 Å². The first-order chi connectivity index (χ1) is 13.1. The summed E-state index contributed by atoms with van der Waals surface area (Å²) in [6.45, 7) is 2.38. The molecular formula is C21H21N3O3. The molecule has 4 rings (SSSR count). The number of benzene rings is 2. The topological polar surface area (TPSA) is 71.5 Å². The van der Waals surface area contributed by atoms with Gasteiger partial charge in [0.05, 0.1) is 16.5 Å². The van der Waals surface area contributed by atoms with Crippen molar-refractivity contribution in [2.75, 3.05) is 6.54 Å². The van der Waals surface area contributed by atoms with Crippen LogP contribution >= 0.6 is 0 Å². The standard InChI is InChI=1S/C21H21N3O3/c25-17-10-8-16(9-11-17)15-23-14-4-13-22-12-3-7-20(22)21(23)18-5-1-2-6-19(18)24(26)27/h1-3,5-12,21,25H,4,13-15H2. The Morgan fingerprint density at radius 2 is 1.81 bits per heavy atom. The van der Waals surface area contributed by atoms with Crippen LogP contribution in [0.5, 0.6) is 5.75 Å². The van der Waals surface area contributed by atoms with Gasteiger partial charge in [-0.25, -0.2) is 0 Å². The molecular weight excluding hydrogens is 342 g/mol. The molecule has 6 nitrogen and oxygen atoms in total. The number of phenols is 1. The number of nitro groups is 1. The molecule has 0 amide bonds. The third-order valence-electron chi connectivity index (χ3n) is 5.10. The van der Waals surface area contributed by atoms with Crippen molar-refractivity contribution in [3.63, 3.8) is 0 Å². The lowest BCUT2D eigenvalue weighted by atomic mass is 9.99. The third kappa shape index (κ3) is 3.44. The van der Waals surface area contributed by atoms with Crippen molar-refractivity contribution in [1.82, 2.24) is 9.47 Å². The van der Waals surface area contributed by atoms with E-state index >= 15 is 0 Å². The van der Waals surface area contributed by atoms with Gasteiger partial charge in [-0.1, -0.05) is 30.3 Å². The highest BCUT2D eigenvalue weighted by Crippen LogP contribution is 2.37. The van der Waals surface area contributed by atoms with Gasteiger partial charge in [0.2, 0.25) is 0 Å². The maximum absolute atomic E-state index is 11.7. The first-order valence-electron chi connectivity index (χ1n) is 9.04. The summed E-state index contributed by atoms with van der Waals surface area (Å²) < 4.78 is 2.19. The number of nitro benzene ring substituents is 1. The van der Waals surface area contributed by atoms with Crippen LogP contribution in [0.4, 0.5) is 5.69 Å². The Hall–Kier alpha value is -3.12. The quantitative estimate of drug-likeness (QED) is 0.560. The molecule has 1 N–H and O–H groups in total. The molecule has 0 spiro atoms. The summed E-state index contributed by atoms with van der Waals surface area (Å²) in [5, 5.41) is 21.2. The zero-order chi connectivity index (χ0) is 18.8. The number of aromatic hydroxyl groups is 1. The Morgan fingerprint density at radius 1 is 1.04 bits per heavy atom. The van der Waals surface area contributed by atoms with Gasteiger partial charge >= 0.3 is 0 Å². The minimum atomic E-state index is -0.299. The van der Waals surface area contributed by atoms with Gasteiger partial charge in [0.25, 0.3) is 5.69 Å². The van der Waals surface area contributed by atoms with E-state index in [-0.39, 0.29) is 22.4 Å². The fourth-order valence-corrected chi connectivity index (χ4v) is 3.89. The molecule has 2 heterocycles. The summed E-state index contributed by atoms with van der Waals surface area (Å²) in [5.41, 5.74) is 2.99. The second-order valence-corrected chi connectivity index (χ2v) is 6.84. The Morgan fingerprint density at radius 3 is 2.59 bits per heavy atom. The monoisotopic (exact) mass is 363 g/mol. The van der Waals surface area contributed by atoms with Crippen LogP contribution in [0.15, 0.2) is 66.9 Å². The van der Waals surface area contributed by atoms with E-state index < -0.39 is 0 Å². The smallest absolute Gasteiger partial charge is 0.274 e. The van der Waals surface area contributed by atoms with Crippen LogP contribution in [-0.2, 0) is 13.1 Å². The van der Waals surface area contributed by atoms with E-state index in [0.717, 1.165) is 30.8 Å². The average Bonchev–Trinajstić information content (AvgIpc) is 3.05. The maximum atomic E-state index is 11.7. The fraction of sp³-hybridized carbons (Fsp3) is 0.238. The molecule has 1 aromatic heterocycles. The van der Waals surface area contributed by atoms with Crippen LogP contribution in [0.3, 0.4) is 0 Å². The Balaban J connectivity index is 1.79. The van der Waals surface area contributed by atoms with Gasteiger partial charge in [0, 0.05) is 37.6 Å². The van der Waals surface area contributed by atoms with E-state index in [0.29, 0.717) is 12.1 Å². The van der Waals surface area contributed by atoms with E-state index in [2.05, 4.69) is 15.5 Å². The first kappa shape index (κ1) is 17.3. The molecule has 1 aliphatic heterocycles. The van der Waals surface area contributed by atoms with E-state index in [1.807, 2.05) is 36.5 Å². The first-order valence-corrected chi connectivity index (χ1v) is 9.04. The SMILES string of the molecule is O=[N+]([O-])c1ccccc1C1c2cccn2CCCN1Cc1ccc(O)cc1. The van der Waals surface area contributed by atoms with Crippen LogP contribution in [0.25, 0.3) is 0 Å². The largest absolute Gasteiger partial charge is 0.508 e. The average molecular weight is 363 g/mol. The van der Waals surface area contributed by atoms with E-state index in [1.165, 1.54) is 0 Å². The minimum absolute atomic E-state index is 0.146. The number of fused-ring (bicyclic) bond motifs is 1. The predicted molar refractivity (Wildman–Crippen MR) is 103 cm³/mol. The highest BCUT2D eigenvalue weighted by atomic mass is 16.6. The number of hydrogen-bond acceptors (Lipinski definition) is 4. The zero-order valence-corrected chi connectivity index (χ0v) is 14.9. The summed E-state index contributed by atoms with van der Waals surface area (Å²) >= 11 is 0. The zero-order valence-electron chi connectivity index (χ0n) is 14.9. The van der Waals surface area contributed by atoms with Crippen LogP contribution < -0.4 is 0 Å². The van der Waals surface area contributed by atoms with Gasteiger partial charge in [-0.3, -0.25) is 15.0 Å². The van der Waals surface area contributed by atoms with Gasteiger partial charge < -0.3 is 9.67 Å². The third-order valence-corrected chi connectivity index (χ3v) is 5.10. The van der Waals surface area contributed by atoms with Crippen molar-refractivity contribution >= 4 is 5.69 Å². The number of para-hydroxylation sites is 1. The second kappa shape index (κ2) is 7.25. The molecule has 0 saturated heterocycles. The van der Waals surface area contributed by atoms with Crippen molar-refractivity contribution in [2.45, 2.75) is 25.6 Å². The lowest BCUT2D eigenvalue weighted by Crippen LogP contribution is -2.30. The fourth-order valence-electron chi connectivity index (χ4n) is 3.89. The molecule has 0 saturated carbocycles. The van der Waals surface area contributed by atoms with E-state index in [1.54, 1.807) is 24.3 Å². The molecule has 138 valence electrons. The highest BCUT2D eigenvalue weighted by molar-refractivity contribution is 5.46. The molecule has 0 fully saturated rings. The number of aryl methyl sites for hydroxylation is 1. The van der Waals surface area contributed by atoms with Gasteiger partial charge in [-0.15, -0.1) is 0 Å². The Labute approximate surface area is 157 Å². The van der Waals surface area contributed by atoms with Crippen molar-refractivity contribution in [1.29, 1.82) is 0 Å². The lowest BCUT2D eigenvalue weighted by Gasteiger charge is -2.30. The molecule has 1 unspecified atom stereocenters. The van der Waals surface area contributed by atoms with Crippen LogP contribution in [-0.4, -0.2) is 26.0 Å². The molecule has 3 aromatic rings. The summed E-state index contributed by atoms with van der Waals surface area (Å²) in [6, 6.07) is 18.0. The Bertz CT molecular complexity index is 949. The van der Waals surface area contributed by atoms with Crippen molar-refractivity contribution < 1.29 is 10.0 Å². The molecule has 27 heavy (non-hydrogen) atoms. The number of nitrogens with zero attached hydrogens (tertiary/aromatic N) is 3. The van der Waals surface area contributed by atoms with Crippen molar-refractivity contribution in [3.05, 3.63) is 93.8 Å².